The number of thiophene rings is 1. The molecule has 0 aromatic carbocycles. The average Bonchev–Trinajstić information content (AvgIpc) is 3.45. The number of likely N-dealkylation sites (N-methyl/N-ethyl adjacent to an activating group) is 1. The number of hydrogen-bond donors (Lipinski definition) is 0. The number of likely N-dealkylation sites (tertiary alicyclic amines) is 2. The predicted octanol–water partition coefficient (Wildman–Crippen LogP) is 1.84. The second kappa shape index (κ2) is 8.93. The summed E-state index contributed by atoms with van der Waals surface area (Å²) in [5.41, 5.74) is 0. The van der Waals surface area contributed by atoms with Crippen molar-refractivity contribution in [3.05, 3.63) is 22.4 Å². The Kier molecular flexibility index (Phi) is 6.33. The van der Waals surface area contributed by atoms with Crippen LogP contribution < -0.4 is 0 Å². The minimum atomic E-state index is -0.0339. The van der Waals surface area contributed by atoms with E-state index in [1.54, 1.807) is 0 Å². The predicted molar refractivity (Wildman–Crippen MR) is 112 cm³/mol. The van der Waals surface area contributed by atoms with E-state index in [0.717, 1.165) is 76.5 Å². The summed E-state index contributed by atoms with van der Waals surface area (Å²) in [6.45, 7) is 10.9. The highest BCUT2D eigenvalue weighted by molar-refractivity contribution is 7.12. The molecule has 3 saturated heterocycles. The molecule has 3 fully saturated rings. The molecule has 0 spiro atoms. The summed E-state index contributed by atoms with van der Waals surface area (Å²) in [4.78, 5) is 35.6. The van der Waals surface area contributed by atoms with E-state index in [-0.39, 0.29) is 17.7 Å². The molecule has 1 aromatic heterocycles. The molecule has 0 radical (unpaired) electrons. The van der Waals surface area contributed by atoms with Crippen LogP contribution in [0, 0.1) is 5.92 Å². The van der Waals surface area contributed by atoms with Crippen LogP contribution in [-0.4, -0.2) is 96.4 Å². The Bertz CT molecular complexity index is 672. The summed E-state index contributed by atoms with van der Waals surface area (Å²) in [5.74, 6) is 0.312. The van der Waals surface area contributed by atoms with Crippen LogP contribution in [0.4, 0.5) is 0 Å². The van der Waals surface area contributed by atoms with E-state index in [1.165, 1.54) is 11.3 Å². The van der Waals surface area contributed by atoms with Crippen LogP contribution in [0.5, 0.6) is 0 Å². The molecule has 28 heavy (non-hydrogen) atoms. The van der Waals surface area contributed by atoms with Crippen molar-refractivity contribution in [2.75, 3.05) is 58.9 Å². The van der Waals surface area contributed by atoms with Crippen LogP contribution in [0.1, 0.15) is 35.9 Å². The van der Waals surface area contributed by atoms with E-state index < -0.39 is 0 Å². The maximum absolute atomic E-state index is 13.1. The van der Waals surface area contributed by atoms with Crippen LogP contribution in [-0.2, 0) is 4.79 Å². The lowest BCUT2D eigenvalue weighted by molar-refractivity contribution is -0.136. The summed E-state index contributed by atoms with van der Waals surface area (Å²) in [7, 11) is 0. The van der Waals surface area contributed by atoms with Crippen molar-refractivity contribution in [3.63, 3.8) is 0 Å². The smallest absolute Gasteiger partial charge is 0.263 e. The quantitative estimate of drug-likeness (QED) is 0.768. The molecular weight excluding hydrogens is 372 g/mol. The SMILES string of the molecule is CCN1CCN(C2CCN(C(=O)C3CCCN(C(=O)c4cccs4)C3)C2)CC1. The molecule has 0 bridgehead atoms. The number of hydrogen-bond acceptors (Lipinski definition) is 5. The zero-order valence-corrected chi connectivity index (χ0v) is 17.7. The molecule has 2 atom stereocenters. The zero-order chi connectivity index (χ0) is 19.5. The summed E-state index contributed by atoms with van der Waals surface area (Å²) < 4.78 is 0. The van der Waals surface area contributed by atoms with Gasteiger partial charge in [-0.05, 0) is 37.3 Å². The van der Waals surface area contributed by atoms with Crippen molar-refractivity contribution >= 4 is 23.2 Å². The number of carbonyl (C=O) groups is 2. The summed E-state index contributed by atoms with van der Waals surface area (Å²) in [5, 5.41) is 1.94. The van der Waals surface area contributed by atoms with E-state index in [9.17, 15) is 9.59 Å². The lowest BCUT2D eigenvalue weighted by Gasteiger charge is -2.38. The van der Waals surface area contributed by atoms with Gasteiger partial charge in [0.25, 0.3) is 5.91 Å². The molecule has 1 aromatic rings. The van der Waals surface area contributed by atoms with Gasteiger partial charge in [0.1, 0.15) is 0 Å². The molecule has 2 amide bonds. The maximum atomic E-state index is 13.1. The Morgan fingerprint density at radius 2 is 1.86 bits per heavy atom. The number of carbonyl (C=O) groups excluding carboxylic acids is 2. The first kappa shape index (κ1) is 19.9. The fourth-order valence-electron chi connectivity index (χ4n) is 4.86. The van der Waals surface area contributed by atoms with Gasteiger partial charge in [0.2, 0.25) is 5.91 Å². The molecule has 3 aliphatic heterocycles. The monoisotopic (exact) mass is 404 g/mol. The number of amides is 2. The Morgan fingerprint density at radius 1 is 1.04 bits per heavy atom. The van der Waals surface area contributed by atoms with Crippen molar-refractivity contribution in [2.45, 2.75) is 32.2 Å². The van der Waals surface area contributed by atoms with Crippen LogP contribution in [0.2, 0.25) is 0 Å². The van der Waals surface area contributed by atoms with E-state index in [1.807, 2.05) is 22.4 Å². The first-order chi connectivity index (χ1) is 13.7. The zero-order valence-electron chi connectivity index (χ0n) is 16.9. The lowest BCUT2D eigenvalue weighted by atomic mass is 9.96. The first-order valence-electron chi connectivity index (χ1n) is 10.7. The Morgan fingerprint density at radius 3 is 2.57 bits per heavy atom. The van der Waals surface area contributed by atoms with Gasteiger partial charge in [-0.1, -0.05) is 13.0 Å². The van der Waals surface area contributed by atoms with Crippen molar-refractivity contribution < 1.29 is 9.59 Å². The topological polar surface area (TPSA) is 47.1 Å². The van der Waals surface area contributed by atoms with Crippen molar-refractivity contribution in [1.29, 1.82) is 0 Å². The molecule has 0 N–H and O–H groups in total. The standard InChI is InChI=1S/C21H32N4O2S/c1-2-22-10-12-23(13-11-22)18-7-9-25(16-18)20(26)17-5-3-8-24(15-17)21(27)19-6-4-14-28-19/h4,6,14,17-18H,2-3,5,7-13,15-16H2,1H3. The van der Waals surface area contributed by atoms with Crippen molar-refractivity contribution in [2.24, 2.45) is 5.92 Å². The van der Waals surface area contributed by atoms with Crippen LogP contribution >= 0.6 is 11.3 Å². The van der Waals surface area contributed by atoms with Crippen LogP contribution in [0.3, 0.4) is 0 Å². The van der Waals surface area contributed by atoms with Gasteiger partial charge >= 0.3 is 0 Å². The fraction of sp³-hybridized carbons (Fsp3) is 0.714. The van der Waals surface area contributed by atoms with Crippen LogP contribution in [0.15, 0.2) is 17.5 Å². The fourth-order valence-corrected chi connectivity index (χ4v) is 5.55. The molecule has 3 aliphatic rings. The molecule has 4 rings (SSSR count). The molecule has 4 heterocycles. The number of rotatable bonds is 4. The highest BCUT2D eigenvalue weighted by Gasteiger charge is 2.36. The molecule has 0 saturated carbocycles. The molecular formula is C21H32N4O2S. The third-order valence-electron chi connectivity index (χ3n) is 6.64. The minimum Gasteiger partial charge on any atom is -0.341 e. The molecule has 154 valence electrons. The molecule has 6 nitrogen and oxygen atoms in total. The molecule has 2 unspecified atom stereocenters. The molecule has 7 heteroatoms. The molecule has 0 aliphatic carbocycles. The number of piperazine rings is 1. The van der Waals surface area contributed by atoms with Gasteiger partial charge < -0.3 is 14.7 Å². The lowest BCUT2D eigenvalue weighted by Crippen LogP contribution is -2.51. The van der Waals surface area contributed by atoms with E-state index in [2.05, 4.69) is 21.6 Å². The van der Waals surface area contributed by atoms with Gasteiger partial charge in [-0.25, -0.2) is 0 Å². The number of nitrogens with zero attached hydrogens (tertiary/aromatic N) is 4. The van der Waals surface area contributed by atoms with Gasteiger partial charge in [-0.2, -0.15) is 0 Å². The second-order valence-corrected chi connectivity index (χ2v) is 9.21. The van der Waals surface area contributed by atoms with Gasteiger partial charge in [-0.15, -0.1) is 11.3 Å². The van der Waals surface area contributed by atoms with Gasteiger partial charge in [0.05, 0.1) is 10.8 Å². The maximum Gasteiger partial charge on any atom is 0.263 e. The summed E-state index contributed by atoms with van der Waals surface area (Å²) in [6, 6.07) is 4.30. The van der Waals surface area contributed by atoms with Gasteiger partial charge in [0.15, 0.2) is 0 Å². The largest absolute Gasteiger partial charge is 0.341 e. The van der Waals surface area contributed by atoms with Crippen molar-refractivity contribution in [3.8, 4) is 0 Å². The van der Waals surface area contributed by atoms with Gasteiger partial charge in [-0.3, -0.25) is 14.5 Å². The van der Waals surface area contributed by atoms with E-state index in [0.29, 0.717) is 12.6 Å². The third-order valence-corrected chi connectivity index (χ3v) is 7.49. The van der Waals surface area contributed by atoms with Crippen molar-refractivity contribution in [1.82, 2.24) is 19.6 Å². The van der Waals surface area contributed by atoms with E-state index >= 15 is 0 Å². The average molecular weight is 405 g/mol. The van der Waals surface area contributed by atoms with Gasteiger partial charge in [0, 0.05) is 58.4 Å². The summed E-state index contributed by atoms with van der Waals surface area (Å²) in [6.07, 6.45) is 2.91. The Hall–Kier alpha value is -1.44. The van der Waals surface area contributed by atoms with E-state index in [4.69, 9.17) is 0 Å². The third kappa shape index (κ3) is 4.26. The highest BCUT2D eigenvalue weighted by atomic mass is 32.1. The normalized spacial score (nSPS) is 27.3. The van der Waals surface area contributed by atoms with Crippen LogP contribution in [0.25, 0.3) is 0 Å². The number of piperidine rings is 1. The second-order valence-electron chi connectivity index (χ2n) is 8.26. The summed E-state index contributed by atoms with van der Waals surface area (Å²) >= 11 is 1.48. The first-order valence-corrected chi connectivity index (χ1v) is 11.6. The minimum absolute atomic E-state index is 0.0339. The Labute approximate surface area is 172 Å². The highest BCUT2D eigenvalue weighted by Crippen LogP contribution is 2.25. The Balaban J connectivity index is 1.30.